The van der Waals surface area contributed by atoms with Gasteiger partial charge in [0.05, 0.1) is 0 Å². The van der Waals surface area contributed by atoms with Crippen LogP contribution in [-0.4, -0.2) is 11.7 Å². The van der Waals surface area contributed by atoms with Crippen LogP contribution in [0.15, 0.2) is 28.8 Å². The number of nitrogens with one attached hydrogen (secondary N) is 1. The van der Waals surface area contributed by atoms with Crippen molar-refractivity contribution in [2.75, 3.05) is 11.9 Å². The van der Waals surface area contributed by atoms with Crippen LogP contribution in [0.25, 0.3) is 11.3 Å². The second-order valence-corrected chi connectivity index (χ2v) is 5.48. The van der Waals surface area contributed by atoms with Crippen molar-refractivity contribution in [2.24, 2.45) is 0 Å². The van der Waals surface area contributed by atoms with Crippen molar-refractivity contribution < 1.29 is 4.52 Å². The van der Waals surface area contributed by atoms with Crippen molar-refractivity contribution in [1.29, 1.82) is 0 Å². The fraction of sp³-hybridized carbons (Fsp3) is 0.308. The molecule has 1 aliphatic rings. The molecule has 3 rings (SSSR count). The summed E-state index contributed by atoms with van der Waals surface area (Å²) in [6.45, 7) is 0.980. The van der Waals surface area contributed by atoms with Gasteiger partial charge in [0.2, 0.25) is 5.88 Å². The van der Waals surface area contributed by atoms with Gasteiger partial charge in [-0.3, -0.25) is 0 Å². The minimum Gasteiger partial charge on any atom is -0.354 e. The summed E-state index contributed by atoms with van der Waals surface area (Å²) >= 11 is 2.32. The Balaban J connectivity index is 2.06. The summed E-state index contributed by atoms with van der Waals surface area (Å²) < 4.78 is 6.62. The number of hydrogen-bond donors (Lipinski definition) is 1. The largest absolute Gasteiger partial charge is 0.354 e. The molecule has 1 N–H and O–H groups in total. The molecule has 1 aliphatic heterocycles. The molecule has 2 aromatic rings. The molecule has 0 fully saturated rings. The molecule has 2 heterocycles. The Kier molecular flexibility index (Phi) is 3.05. The van der Waals surface area contributed by atoms with Gasteiger partial charge in [0, 0.05) is 21.2 Å². The molecule has 0 saturated heterocycles. The SMILES string of the molecule is Ic1cccc(-c2noc3c2CCCCN3)c1. The minimum absolute atomic E-state index is 0.858. The van der Waals surface area contributed by atoms with Gasteiger partial charge in [0.15, 0.2) is 0 Å². The van der Waals surface area contributed by atoms with E-state index in [0.29, 0.717) is 0 Å². The topological polar surface area (TPSA) is 38.1 Å². The standard InChI is InChI=1S/C13H13IN2O/c14-10-5-3-4-9(8-10)12-11-6-1-2-7-15-13(11)17-16-12/h3-5,8,15H,1-2,6-7H2. The van der Waals surface area contributed by atoms with Crippen LogP contribution in [0, 0.1) is 3.57 Å². The average Bonchev–Trinajstić information content (AvgIpc) is 2.59. The third-order valence-electron chi connectivity index (χ3n) is 3.03. The van der Waals surface area contributed by atoms with Crippen molar-refractivity contribution in [3.63, 3.8) is 0 Å². The number of benzene rings is 1. The molecule has 0 amide bonds. The number of rotatable bonds is 1. The fourth-order valence-corrected chi connectivity index (χ4v) is 2.71. The van der Waals surface area contributed by atoms with Crippen LogP contribution in [0.4, 0.5) is 5.88 Å². The molecule has 0 atom stereocenters. The molecule has 0 saturated carbocycles. The molecular weight excluding hydrogens is 327 g/mol. The van der Waals surface area contributed by atoms with Crippen LogP contribution in [0.5, 0.6) is 0 Å². The van der Waals surface area contributed by atoms with Gasteiger partial charge in [-0.15, -0.1) is 0 Å². The van der Waals surface area contributed by atoms with E-state index in [1.807, 2.05) is 0 Å². The number of nitrogens with zero attached hydrogens (tertiary/aromatic N) is 1. The fourth-order valence-electron chi connectivity index (χ4n) is 2.17. The predicted octanol–water partition coefficient (Wildman–Crippen LogP) is 3.69. The first-order valence-corrected chi connectivity index (χ1v) is 6.91. The van der Waals surface area contributed by atoms with Crippen molar-refractivity contribution >= 4 is 28.5 Å². The highest BCUT2D eigenvalue weighted by Gasteiger charge is 2.19. The van der Waals surface area contributed by atoms with Gasteiger partial charge in [-0.1, -0.05) is 17.3 Å². The van der Waals surface area contributed by atoms with Gasteiger partial charge in [-0.25, -0.2) is 0 Å². The number of halogens is 1. The van der Waals surface area contributed by atoms with Gasteiger partial charge in [0.1, 0.15) is 5.69 Å². The monoisotopic (exact) mass is 340 g/mol. The highest BCUT2D eigenvalue weighted by atomic mass is 127. The summed E-state index contributed by atoms with van der Waals surface area (Å²) in [4.78, 5) is 0. The third kappa shape index (κ3) is 2.18. The molecule has 1 aromatic heterocycles. The van der Waals surface area contributed by atoms with E-state index in [2.05, 4.69) is 57.3 Å². The lowest BCUT2D eigenvalue weighted by Crippen LogP contribution is -1.97. The number of fused-ring (bicyclic) bond motifs is 1. The first kappa shape index (κ1) is 11.1. The number of aromatic nitrogens is 1. The summed E-state index contributed by atoms with van der Waals surface area (Å²) in [5, 5.41) is 7.51. The van der Waals surface area contributed by atoms with Crippen LogP contribution < -0.4 is 5.32 Å². The summed E-state index contributed by atoms with van der Waals surface area (Å²) in [7, 11) is 0. The Morgan fingerprint density at radius 2 is 2.24 bits per heavy atom. The second-order valence-electron chi connectivity index (χ2n) is 4.23. The lowest BCUT2D eigenvalue weighted by Gasteiger charge is -2.01. The Labute approximate surface area is 114 Å². The van der Waals surface area contributed by atoms with Crippen molar-refractivity contribution in [2.45, 2.75) is 19.3 Å². The zero-order chi connectivity index (χ0) is 11.7. The Bertz CT molecular complexity index is 536. The van der Waals surface area contributed by atoms with E-state index in [1.54, 1.807) is 0 Å². The van der Waals surface area contributed by atoms with Gasteiger partial charge >= 0.3 is 0 Å². The molecular formula is C13H13IN2O. The zero-order valence-corrected chi connectivity index (χ0v) is 11.5. The van der Waals surface area contributed by atoms with E-state index in [0.717, 1.165) is 30.1 Å². The number of anilines is 1. The quantitative estimate of drug-likeness (QED) is 0.805. The molecule has 0 radical (unpaired) electrons. The van der Waals surface area contributed by atoms with Crippen molar-refractivity contribution in [3.05, 3.63) is 33.4 Å². The molecule has 0 aliphatic carbocycles. The summed E-state index contributed by atoms with van der Waals surface area (Å²) in [6, 6.07) is 8.37. The number of hydrogen-bond acceptors (Lipinski definition) is 3. The lowest BCUT2D eigenvalue weighted by molar-refractivity contribution is 0.434. The molecule has 0 spiro atoms. The van der Waals surface area contributed by atoms with Crippen LogP contribution in [0.2, 0.25) is 0 Å². The van der Waals surface area contributed by atoms with Crippen LogP contribution in [0.3, 0.4) is 0 Å². The highest BCUT2D eigenvalue weighted by molar-refractivity contribution is 14.1. The average molecular weight is 340 g/mol. The van der Waals surface area contributed by atoms with E-state index < -0.39 is 0 Å². The maximum absolute atomic E-state index is 5.40. The molecule has 4 heteroatoms. The predicted molar refractivity (Wildman–Crippen MR) is 76.1 cm³/mol. The first-order valence-electron chi connectivity index (χ1n) is 5.83. The molecule has 88 valence electrons. The zero-order valence-electron chi connectivity index (χ0n) is 9.37. The summed E-state index contributed by atoms with van der Waals surface area (Å²) in [5.74, 6) is 0.858. The Morgan fingerprint density at radius 1 is 1.29 bits per heavy atom. The Hall–Kier alpha value is -1.04. The van der Waals surface area contributed by atoms with E-state index in [4.69, 9.17) is 4.52 Å². The first-order chi connectivity index (χ1) is 8.34. The summed E-state index contributed by atoms with van der Waals surface area (Å²) in [6.07, 6.45) is 3.43. The van der Waals surface area contributed by atoms with Crippen LogP contribution in [-0.2, 0) is 6.42 Å². The minimum atomic E-state index is 0.858. The molecule has 1 aromatic carbocycles. The van der Waals surface area contributed by atoms with E-state index in [-0.39, 0.29) is 0 Å². The maximum Gasteiger partial charge on any atom is 0.228 e. The second kappa shape index (κ2) is 4.68. The maximum atomic E-state index is 5.40. The van der Waals surface area contributed by atoms with Gasteiger partial charge < -0.3 is 9.84 Å². The molecule has 0 bridgehead atoms. The van der Waals surface area contributed by atoms with E-state index in [9.17, 15) is 0 Å². The van der Waals surface area contributed by atoms with Gasteiger partial charge in [-0.2, -0.15) is 0 Å². The van der Waals surface area contributed by atoms with Gasteiger partial charge in [-0.05, 0) is 54.0 Å². The summed E-state index contributed by atoms with van der Waals surface area (Å²) in [5.41, 5.74) is 3.36. The van der Waals surface area contributed by atoms with E-state index >= 15 is 0 Å². The molecule has 17 heavy (non-hydrogen) atoms. The van der Waals surface area contributed by atoms with Gasteiger partial charge in [0.25, 0.3) is 0 Å². The van der Waals surface area contributed by atoms with Crippen molar-refractivity contribution in [1.82, 2.24) is 5.16 Å². The normalized spacial score (nSPS) is 14.9. The van der Waals surface area contributed by atoms with Crippen LogP contribution >= 0.6 is 22.6 Å². The molecule has 0 unspecified atom stereocenters. The Morgan fingerprint density at radius 3 is 3.12 bits per heavy atom. The smallest absolute Gasteiger partial charge is 0.228 e. The van der Waals surface area contributed by atoms with Crippen LogP contribution in [0.1, 0.15) is 18.4 Å². The highest BCUT2D eigenvalue weighted by Crippen LogP contribution is 2.32. The van der Waals surface area contributed by atoms with Crippen molar-refractivity contribution in [3.8, 4) is 11.3 Å². The molecule has 3 nitrogen and oxygen atoms in total. The van der Waals surface area contributed by atoms with E-state index in [1.165, 1.54) is 22.0 Å². The third-order valence-corrected chi connectivity index (χ3v) is 3.70. The lowest BCUT2D eigenvalue weighted by atomic mass is 10.0.